The molecule has 2 nitrogen and oxygen atoms in total. The summed E-state index contributed by atoms with van der Waals surface area (Å²) >= 11 is 0. The highest BCUT2D eigenvalue weighted by atomic mass is 28.4. The van der Waals surface area contributed by atoms with Crippen LogP contribution in [-0.2, 0) is 4.43 Å². The minimum atomic E-state index is -1.59. The van der Waals surface area contributed by atoms with Crippen LogP contribution in [0.15, 0.2) is 24.3 Å². The molecule has 1 aliphatic carbocycles. The highest BCUT2D eigenvalue weighted by molar-refractivity contribution is 6.69. The molecule has 0 N–H and O–H groups in total. The SMILES string of the molecule is CN(C)c1ccc(C#CC2(O[Si](C)(C)C)CCCCC2)cc1. The van der Waals surface area contributed by atoms with Gasteiger partial charge in [-0.1, -0.05) is 18.3 Å². The van der Waals surface area contributed by atoms with Gasteiger partial charge in [0.15, 0.2) is 8.32 Å². The van der Waals surface area contributed by atoms with Crippen LogP contribution in [0.1, 0.15) is 37.7 Å². The van der Waals surface area contributed by atoms with Crippen molar-refractivity contribution < 1.29 is 4.43 Å². The van der Waals surface area contributed by atoms with Crippen LogP contribution in [0.4, 0.5) is 5.69 Å². The van der Waals surface area contributed by atoms with E-state index in [2.05, 4.69) is 74.7 Å². The Morgan fingerprint density at radius 3 is 2.09 bits per heavy atom. The molecule has 0 aliphatic heterocycles. The van der Waals surface area contributed by atoms with E-state index < -0.39 is 8.32 Å². The van der Waals surface area contributed by atoms with Crippen molar-refractivity contribution >= 4 is 14.0 Å². The summed E-state index contributed by atoms with van der Waals surface area (Å²) in [7, 11) is 2.52. The largest absolute Gasteiger partial charge is 0.402 e. The van der Waals surface area contributed by atoms with Gasteiger partial charge in [-0.15, -0.1) is 0 Å². The summed E-state index contributed by atoms with van der Waals surface area (Å²) in [4.78, 5) is 2.11. The maximum Gasteiger partial charge on any atom is 0.185 e. The van der Waals surface area contributed by atoms with E-state index in [4.69, 9.17) is 4.43 Å². The number of nitrogens with zero attached hydrogens (tertiary/aromatic N) is 1. The lowest BCUT2D eigenvalue weighted by atomic mass is 9.85. The second-order valence-electron chi connectivity index (χ2n) is 7.46. The molecule has 0 heterocycles. The summed E-state index contributed by atoms with van der Waals surface area (Å²) in [6.07, 6.45) is 5.95. The van der Waals surface area contributed by atoms with Crippen molar-refractivity contribution in [2.45, 2.75) is 57.3 Å². The molecule has 0 bridgehead atoms. The van der Waals surface area contributed by atoms with Crippen LogP contribution in [0.2, 0.25) is 19.6 Å². The molecular formula is C19H29NOSi. The summed E-state index contributed by atoms with van der Waals surface area (Å²) in [6.45, 7) is 6.78. The molecule has 3 heteroatoms. The van der Waals surface area contributed by atoms with Crippen LogP contribution in [0.3, 0.4) is 0 Å². The van der Waals surface area contributed by atoms with Crippen LogP contribution >= 0.6 is 0 Å². The highest BCUT2D eigenvalue weighted by Crippen LogP contribution is 2.33. The third-order valence-corrected chi connectivity index (χ3v) is 4.98. The average Bonchev–Trinajstić information content (AvgIpc) is 2.45. The Hall–Kier alpha value is -1.24. The number of rotatable bonds is 3. The van der Waals surface area contributed by atoms with Crippen LogP contribution in [0.5, 0.6) is 0 Å². The number of hydrogen-bond acceptors (Lipinski definition) is 2. The van der Waals surface area contributed by atoms with E-state index >= 15 is 0 Å². The van der Waals surface area contributed by atoms with Crippen molar-refractivity contribution in [3.05, 3.63) is 29.8 Å². The lowest BCUT2D eigenvalue weighted by molar-refractivity contribution is 0.0796. The van der Waals surface area contributed by atoms with E-state index in [-0.39, 0.29) is 5.60 Å². The van der Waals surface area contributed by atoms with Crippen LogP contribution in [0, 0.1) is 11.8 Å². The molecule has 2 rings (SSSR count). The standard InChI is InChI=1S/C19H29NOSi/c1-20(2)18-11-9-17(10-12-18)13-16-19(21-22(3,4)5)14-7-6-8-15-19/h9-12H,6-8,14-15H2,1-5H3. The summed E-state index contributed by atoms with van der Waals surface area (Å²) < 4.78 is 6.51. The van der Waals surface area contributed by atoms with E-state index in [9.17, 15) is 0 Å². The van der Waals surface area contributed by atoms with Gasteiger partial charge in [-0.3, -0.25) is 0 Å². The summed E-state index contributed by atoms with van der Waals surface area (Å²) in [5, 5.41) is 0. The first-order valence-corrected chi connectivity index (χ1v) is 11.7. The molecule has 1 aliphatic rings. The molecule has 0 spiro atoms. The molecule has 0 unspecified atom stereocenters. The van der Waals surface area contributed by atoms with Gasteiger partial charge in [0.05, 0.1) is 0 Å². The van der Waals surface area contributed by atoms with Gasteiger partial charge in [0.2, 0.25) is 0 Å². The fourth-order valence-electron chi connectivity index (χ4n) is 2.99. The van der Waals surface area contributed by atoms with Gasteiger partial charge >= 0.3 is 0 Å². The second-order valence-corrected chi connectivity index (χ2v) is 11.9. The van der Waals surface area contributed by atoms with Gasteiger partial charge < -0.3 is 9.33 Å². The lowest BCUT2D eigenvalue weighted by Gasteiger charge is -2.38. The summed E-state index contributed by atoms with van der Waals surface area (Å²) in [5.41, 5.74) is 2.08. The van der Waals surface area contributed by atoms with E-state index in [0.717, 1.165) is 18.4 Å². The maximum atomic E-state index is 6.51. The molecule has 1 saturated carbocycles. The molecule has 0 radical (unpaired) electrons. The Bertz CT molecular complexity index is 540. The topological polar surface area (TPSA) is 12.5 Å². The van der Waals surface area contributed by atoms with Crippen molar-refractivity contribution in [2.24, 2.45) is 0 Å². The minimum absolute atomic E-state index is 0.205. The third-order valence-electron chi connectivity index (χ3n) is 3.98. The monoisotopic (exact) mass is 315 g/mol. The summed E-state index contributed by atoms with van der Waals surface area (Å²) in [5.74, 6) is 6.88. The lowest BCUT2D eigenvalue weighted by Crippen LogP contribution is -2.43. The van der Waals surface area contributed by atoms with Crippen molar-refractivity contribution in [3.8, 4) is 11.8 Å². The molecule has 22 heavy (non-hydrogen) atoms. The van der Waals surface area contributed by atoms with Crippen LogP contribution in [-0.4, -0.2) is 28.0 Å². The van der Waals surface area contributed by atoms with E-state index in [1.165, 1.54) is 24.9 Å². The second kappa shape index (κ2) is 6.89. The Balaban J connectivity index is 2.20. The molecular weight excluding hydrogens is 286 g/mol. The Morgan fingerprint density at radius 2 is 1.59 bits per heavy atom. The Kier molecular flexibility index (Phi) is 5.36. The highest BCUT2D eigenvalue weighted by Gasteiger charge is 2.35. The van der Waals surface area contributed by atoms with E-state index in [0.29, 0.717) is 0 Å². The van der Waals surface area contributed by atoms with Crippen molar-refractivity contribution in [1.82, 2.24) is 0 Å². The first-order valence-electron chi connectivity index (χ1n) is 8.30. The van der Waals surface area contributed by atoms with E-state index in [1.807, 2.05) is 0 Å². The maximum absolute atomic E-state index is 6.51. The quantitative estimate of drug-likeness (QED) is 0.594. The fourth-order valence-corrected chi connectivity index (χ4v) is 4.42. The zero-order chi connectivity index (χ0) is 16.2. The number of hydrogen-bond donors (Lipinski definition) is 0. The smallest absolute Gasteiger partial charge is 0.185 e. The van der Waals surface area contributed by atoms with Gasteiger partial charge in [0, 0.05) is 25.3 Å². The fraction of sp³-hybridized carbons (Fsp3) is 0.579. The minimum Gasteiger partial charge on any atom is -0.402 e. The van der Waals surface area contributed by atoms with Crippen LogP contribution < -0.4 is 4.90 Å². The molecule has 0 aromatic heterocycles. The normalized spacial score (nSPS) is 17.5. The Morgan fingerprint density at radius 1 is 1.00 bits per heavy atom. The van der Waals surface area contributed by atoms with Gasteiger partial charge in [0.25, 0.3) is 0 Å². The van der Waals surface area contributed by atoms with Crippen molar-refractivity contribution in [1.29, 1.82) is 0 Å². The number of anilines is 1. The first-order chi connectivity index (χ1) is 10.3. The molecule has 1 aromatic rings. The zero-order valence-electron chi connectivity index (χ0n) is 14.7. The summed E-state index contributed by atoms with van der Waals surface area (Å²) in [6, 6.07) is 8.45. The average molecular weight is 316 g/mol. The molecule has 0 saturated heterocycles. The van der Waals surface area contributed by atoms with Gasteiger partial charge in [-0.25, -0.2) is 0 Å². The third kappa shape index (κ3) is 4.90. The molecule has 1 fully saturated rings. The number of benzene rings is 1. The predicted octanol–water partition coefficient (Wildman–Crippen LogP) is 4.66. The molecule has 1 aromatic carbocycles. The molecule has 0 atom stereocenters. The van der Waals surface area contributed by atoms with Gasteiger partial charge in [-0.05, 0) is 69.6 Å². The van der Waals surface area contributed by atoms with Crippen molar-refractivity contribution in [2.75, 3.05) is 19.0 Å². The first kappa shape index (κ1) is 17.1. The van der Waals surface area contributed by atoms with Crippen molar-refractivity contribution in [3.63, 3.8) is 0 Å². The van der Waals surface area contributed by atoms with E-state index in [1.54, 1.807) is 0 Å². The predicted molar refractivity (Wildman–Crippen MR) is 97.9 cm³/mol. The van der Waals surface area contributed by atoms with Gasteiger partial charge in [-0.2, -0.15) is 0 Å². The molecule has 0 amide bonds. The Labute approximate surface area is 137 Å². The van der Waals surface area contributed by atoms with Gasteiger partial charge in [0.1, 0.15) is 5.60 Å². The van der Waals surface area contributed by atoms with Crippen LogP contribution in [0.25, 0.3) is 0 Å². The zero-order valence-corrected chi connectivity index (χ0v) is 15.7. The molecule has 120 valence electrons.